The van der Waals surface area contributed by atoms with Crippen molar-refractivity contribution in [1.82, 2.24) is 9.80 Å². The van der Waals surface area contributed by atoms with Crippen LogP contribution in [0, 0.1) is 0 Å². The van der Waals surface area contributed by atoms with Crippen molar-refractivity contribution in [2.75, 3.05) is 50.3 Å². The van der Waals surface area contributed by atoms with Crippen LogP contribution in [0.5, 0.6) is 92.0 Å². The Morgan fingerprint density at radius 2 is 0.530 bits per heavy atom. The van der Waals surface area contributed by atoms with Crippen LogP contribution in [-0.2, 0) is 54.2 Å². The summed E-state index contributed by atoms with van der Waals surface area (Å²) in [6, 6.07) is 84.9. The predicted molar refractivity (Wildman–Crippen MR) is 497 cm³/mol. The van der Waals surface area contributed by atoms with Crippen LogP contribution in [0.4, 0.5) is 11.4 Å². The van der Waals surface area contributed by atoms with Crippen LogP contribution in [0.1, 0.15) is 87.3 Å². The van der Waals surface area contributed by atoms with E-state index in [1.807, 2.05) is 97.1 Å². The number of hydrogen-bond donors (Lipinski definition) is 0. The molecule has 6 aliphatic rings. The van der Waals surface area contributed by atoms with Crippen molar-refractivity contribution in [3.8, 4) is 92.0 Å². The van der Waals surface area contributed by atoms with Crippen LogP contribution in [0.3, 0.4) is 0 Å². The summed E-state index contributed by atoms with van der Waals surface area (Å²) in [5.41, 5.74) is 4.51. The lowest BCUT2D eigenvalue weighted by atomic mass is 9.80. The molecule has 0 aliphatic carbocycles. The number of benzene rings is 15. The Morgan fingerprint density at radius 3 is 0.761 bits per heavy atom. The Hall–Kier alpha value is -16.4. The molecule has 2 aromatic heterocycles. The van der Waals surface area contributed by atoms with Crippen molar-refractivity contribution >= 4 is 89.9 Å². The van der Waals surface area contributed by atoms with E-state index in [2.05, 4.69) is 0 Å². The Kier molecular flexibility index (Phi) is 20.9. The molecule has 15 aromatic carbocycles. The van der Waals surface area contributed by atoms with Gasteiger partial charge in [0.15, 0.2) is 12.1 Å². The number of epoxide rings is 4. The number of rotatable bonds is 32. The van der Waals surface area contributed by atoms with E-state index in [1.165, 1.54) is 58.7 Å². The number of para-hydroxylation sites is 2. The molecule has 4 fully saturated rings. The summed E-state index contributed by atoms with van der Waals surface area (Å²) in [5.74, 6) is -0.586. The van der Waals surface area contributed by atoms with E-state index in [0.29, 0.717) is 109 Å². The summed E-state index contributed by atoms with van der Waals surface area (Å²) in [6.07, 6.45) is 6.09. The van der Waals surface area contributed by atoms with Crippen LogP contribution in [0.2, 0.25) is 0 Å². The summed E-state index contributed by atoms with van der Waals surface area (Å²) < 4.78 is 90.8. The molecule has 0 spiro atoms. The summed E-state index contributed by atoms with van der Waals surface area (Å²) in [6.45, 7) is 2.72. The van der Waals surface area contributed by atoms with Crippen molar-refractivity contribution < 1.29 is 94.4 Å². The van der Waals surface area contributed by atoms with E-state index in [4.69, 9.17) is 65.7 Å². The van der Waals surface area contributed by atoms with Crippen LogP contribution >= 0.6 is 0 Å². The summed E-state index contributed by atoms with van der Waals surface area (Å²) >= 11 is 0. The minimum absolute atomic E-state index is 0.0391. The number of amides is 6. The van der Waals surface area contributed by atoms with Gasteiger partial charge in [-0.25, -0.2) is 0 Å². The standard InChI is InChI=1S/C110H80N4O20/c1-111(67-19-5-3-6-20-67)109(119)103(89-27-13-45-121-89)113-105(115)85-55-91(131-73-37-29-69(30-38-73)127-77-23-9-15-63(47-77)51-81-59-123-81)97-99-93(133-75-41-33-71(34-42-75)129-79-25-11-17-65(49-79)53-83-61-125-83)57-87-96-88(108(118)114(107(87)117)104(90-28-14-46-122-90)110(120)112(2)68-21-7-4-8-22-68)58-94(134-76-43-35-72(36-44-76)130-80-26-12-18-66(50-80)54-84-62-126-84)100(102(96)99)98-92(56-86(106(113)116)95(85)101(97)98)132-74-39-31-70(32-40-74)128-78-24-10-16-64(48-78)52-82-60-124-82/h3-50,55-58,81-84,103-104H,51-54,59-62H2,1-2H3. The van der Waals surface area contributed by atoms with E-state index in [9.17, 15) is 0 Å². The lowest BCUT2D eigenvalue weighted by Gasteiger charge is -2.36. The fraction of sp³-hybridized carbons (Fsp3) is 0.145. The highest BCUT2D eigenvalue weighted by Gasteiger charge is 2.49. The third-order valence-corrected chi connectivity index (χ3v) is 24.7. The van der Waals surface area contributed by atoms with E-state index >= 15 is 28.8 Å². The lowest BCUT2D eigenvalue weighted by molar-refractivity contribution is -0.123. The molecule has 6 aliphatic heterocycles. The van der Waals surface area contributed by atoms with E-state index in [-0.39, 0.29) is 147 Å². The predicted octanol–water partition coefficient (Wildman–Crippen LogP) is 23.0. The second-order valence-electron chi connectivity index (χ2n) is 33.9. The van der Waals surface area contributed by atoms with Gasteiger partial charge in [0.05, 0.1) is 85.6 Å². The summed E-state index contributed by atoms with van der Waals surface area (Å²) in [7, 11) is 3.10. The number of imide groups is 2. The fourth-order valence-electron chi connectivity index (χ4n) is 18.0. The number of carbonyl (C=O) groups is 6. The summed E-state index contributed by atoms with van der Waals surface area (Å²) in [5, 5.41) is 1.01. The highest BCUT2D eigenvalue weighted by molar-refractivity contribution is 6.45. The van der Waals surface area contributed by atoms with Gasteiger partial charge in [-0.1, -0.05) is 84.9 Å². The van der Waals surface area contributed by atoms with Crippen molar-refractivity contribution in [3.63, 3.8) is 0 Å². The quantitative estimate of drug-likeness (QED) is 0.0164. The third-order valence-electron chi connectivity index (χ3n) is 24.7. The molecule has 23 rings (SSSR count). The zero-order valence-corrected chi connectivity index (χ0v) is 72.1. The third kappa shape index (κ3) is 16.3. The van der Waals surface area contributed by atoms with Crippen molar-refractivity contribution in [1.29, 1.82) is 0 Å². The van der Waals surface area contributed by atoms with Gasteiger partial charge >= 0.3 is 0 Å². The van der Waals surface area contributed by atoms with Crippen molar-refractivity contribution in [2.45, 2.75) is 62.2 Å². The van der Waals surface area contributed by atoms with Gasteiger partial charge < -0.3 is 75.5 Å². The maximum atomic E-state index is 17.0. The highest BCUT2D eigenvalue weighted by atomic mass is 16.6. The topological polar surface area (TPSA) is 266 Å². The van der Waals surface area contributed by atoms with Gasteiger partial charge in [-0.2, -0.15) is 0 Å². The first-order valence-electron chi connectivity index (χ1n) is 44.1. The molecule has 6 unspecified atom stereocenters. The van der Waals surface area contributed by atoms with Crippen LogP contribution in [0.25, 0.3) is 43.1 Å². The van der Waals surface area contributed by atoms with Gasteiger partial charge in [0, 0.05) is 94.2 Å². The number of anilines is 2. The molecule has 4 saturated heterocycles. The van der Waals surface area contributed by atoms with Crippen molar-refractivity contribution in [2.24, 2.45) is 0 Å². The average molecular weight is 1780 g/mol. The molecule has 24 nitrogen and oxygen atoms in total. The molecule has 8 heterocycles. The number of likely N-dealkylation sites (N-methyl/N-ethyl adjacent to an activating group) is 2. The van der Waals surface area contributed by atoms with Gasteiger partial charge in [0.1, 0.15) is 104 Å². The zero-order chi connectivity index (χ0) is 90.3. The Morgan fingerprint density at radius 1 is 0.284 bits per heavy atom. The Bertz CT molecular complexity index is 6690. The van der Waals surface area contributed by atoms with Gasteiger partial charge in [-0.05, 0) is 241 Å². The molecule has 6 atom stereocenters. The minimum Gasteiger partial charge on any atom is -0.467 e. The fourth-order valence-corrected chi connectivity index (χ4v) is 18.0. The first-order valence-corrected chi connectivity index (χ1v) is 44.1. The Balaban J connectivity index is 0.787. The molecule has 0 bridgehead atoms. The largest absolute Gasteiger partial charge is 0.467 e. The molecule has 6 amide bonds. The Labute approximate surface area is 766 Å². The smallest absolute Gasteiger partial charge is 0.262 e. The van der Waals surface area contributed by atoms with Crippen LogP contribution in [-0.4, -0.2) is 110 Å². The normalized spacial score (nSPS) is 16.6. The number of carbonyl (C=O) groups excluding carboxylic acids is 6. The zero-order valence-electron chi connectivity index (χ0n) is 72.1. The van der Waals surface area contributed by atoms with Gasteiger partial charge in [0.25, 0.3) is 35.4 Å². The first-order chi connectivity index (χ1) is 65.6. The maximum Gasteiger partial charge on any atom is 0.262 e. The SMILES string of the molecule is CN(C(=O)C(c1ccco1)N1C(=O)c2cc(Oc3ccc(Oc4cccc(CC5CO5)c4)cc3)c3c4c(Oc5ccc(Oc6cccc(CC7CO7)c6)cc5)cc5c6c(cc(Oc7ccc(Oc8cccc(CC9CO9)c8)cc7)c(c7c(Oc8ccc(Oc9cccc(CC%10CO%10)c9)cc8)cc(c2c37)C1=O)c64)C(=O)N(C(C(=O)N(C)c1ccccc1)c1ccco1)C5=O)c1ccccc1. The average Bonchev–Trinajstić information content (AvgIpc) is 1.13. The molecular formula is C110H80N4O20. The number of nitrogens with zero attached hydrogens (tertiary/aromatic N) is 4. The highest BCUT2D eigenvalue weighted by Crippen LogP contribution is 2.59. The second-order valence-corrected chi connectivity index (χ2v) is 33.9. The monoisotopic (exact) mass is 1780 g/mol. The molecule has 0 radical (unpaired) electrons. The number of ether oxygens (including phenoxy) is 12. The van der Waals surface area contributed by atoms with Gasteiger partial charge in [0.2, 0.25) is 0 Å². The van der Waals surface area contributed by atoms with Crippen LogP contribution in [0.15, 0.2) is 325 Å². The molecule has 134 heavy (non-hydrogen) atoms. The minimum atomic E-state index is -1.76. The van der Waals surface area contributed by atoms with E-state index in [1.54, 1.807) is 184 Å². The van der Waals surface area contributed by atoms with Gasteiger partial charge in [-0.3, -0.25) is 38.6 Å². The molecule has 0 saturated carbocycles. The molecular weight excluding hydrogens is 1700 g/mol. The van der Waals surface area contributed by atoms with Crippen LogP contribution < -0.4 is 47.7 Å². The molecule has 17 aromatic rings. The van der Waals surface area contributed by atoms with E-state index in [0.717, 1.165) is 32.1 Å². The second kappa shape index (κ2) is 34.2. The molecule has 0 N–H and O–H groups in total. The number of hydrogen-bond acceptors (Lipinski definition) is 20. The van der Waals surface area contributed by atoms with Crippen molar-refractivity contribution in [3.05, 3.63) is 372 Å². The maximum absolute atomic E-state index is 17.0. The molecule has 660 valence electrons. The molecule has 24 heteroatoms. The summed E-state index contributed by atoms with van der Waals surface area (Å²) in [4.78, 5) is 104. The number of furan rings is 2. The number of fused-ring (bicyclic) bond motifs is 2. The van der Waals surface area contributed by atoms with E-state index < -0.39 is 47.5 Å². The first kappa shape index (κ1) is 82.1. The lowest BCUT2D eigenvalue weighted by Crippen LogP contribution is -2.49. The van der Waals surface area contributed by atoms with Gasteiger partial charge in [-0.15, -0.1) is 0 Å².